The third-order valence-corrected chi connectivity index (χ3v) is 2.46. The van der Waals surface area contributed by atoms with Gasteiger partial charge in [0.05, 0.1) is 17.8 Å². The molecule has 0 amide bonds. The number of benzene rings is 1. The van der Waals surface area contributed by atoms with Crippen molar-refractivity contribution in [1.82, 2.24) is 0 Å². The van der Waals surface area contributed by atoms with E-state index in [2.05, 4.69) is 5.32 Å². The number of nitrogens with one attached hydrogen (secondary N) is 1. The molecule has 0 bridgehead atoms. The van der Waals surface area contributed by atoms with E-state index in [4.69, 9.17) is 9.52 Å². The Labute approximate surface area is 103 Å². The zero-order valence-corrected chi connectivity index (χ0v) is 9.74. The number of carbonyl (C=O) groups is 1. The Morgan fingerprint density at radius 2 is 2.17 bits per heavy atom. The predicted molar refractivity (Wildman–Crippen MR) is 64.1 cm³/mol. The van der Waals surface area contributed by atoms with E-state index >= 15 is 0 Å². The SMILES string of the molecule is Cc1ccc(CNc2cc(C(=O)O)ccc2F)o1. The van der Waals surface area contributed by atoms with Crippen molar-refractivity contribution >= 4 is 11.7 Å². The van der Waals surface area contributed by atoms with Crippen LogP contribution in [0.2, 0.25) is 0 Å². The van der Waals surface area contributed by atoms with E-state index in [1.54, 1.807) is 12.1 Å². The Balaban J connectivity index is 2.13. The lowest BCUT2D eigenvalue weighted by Gasteiger charge is -2.06. The van der Waals surface area contributed by atoms with Crippen LogP contribution in [0.1, 0.15) is 21.9 Å². The Bertz CT molecular complexity index is 577. The molecule has 1 heterocycles. The number of aromatic carboxylic acids is 1. The molecule has 0 unspecified atom stereocenters. The summed E-state index contributed by atoms with van der Waals surface area (Å²) >= 11 is 0. The van der Waals surface area contributed by atoms with Gasteiger partial charge in [0.15, 0.2) is 0 Å². The molecular formula is C13H12FNO3. The highest BCUT2D eigenvalue weighted by atomic mass is 19.1. The van der Waals surface area contributed by atoms with Crippen LogP contribution in [-0.4, -0.2) is 11.1 Å². The van der Waals surface area contributed by atoms with E-state index in [0.29, 0.717) is 12.3 Å². The lowest BCUT2D eigenvalue weighted by molar-refractivity contribution is 0.0697. The number of hydrogen-bond donors (Lipinski definition) is 2. The van der Waals surface area contributed by atoms with Gasteiger partial charge in [0.2, 0.25) is 0 Å². The van der Waals surface area contributed by atoms with Gasteiger partial charge >= 0.3 is 5.97 Å². The Morgan fingerprint density at radius 1 is 1.39 bits per heavy atom. The lowest BCUT2D eigenvalue weighted by Crippen LogP contribution is -2.03. The van der Waals surface area contributed by atoms with Crippen LogP contribution in [0.3, 0.4) is 0 Å². The molecule has 5 heteroatoms. The molecule has 0 aliphatic carbocycles. The van der Waals surface area contributed by atoms with Crippen LogP contribution in [0.4, 0.5) is 10.1 Å². The molecule has 4 nitrogen and oxygen atoms in total. The van der Waals surface area contributed by atoms with Crippen LogP contribution in [-0.2, 0) is 6.54 Å². The summed E-state index contributed by atoms with van der Waals surface area (Å²) < 4.78 is 18.8. The van der Waals surface area contributed by atoms with Crippen molar-refractivity contribution in [3.63, 3.8) is 0 Å². The molecule has 0 atom stereocenters. The molecule has 18 heavy (non-hydrogen) atoms. The molecule has 0 saturated carbocycles. The molecule has 0 fully saturated rings. The third kappa shape index (κ3) is 2.68. The number of hydrogen-bond acceptors (Lipinski definition) is 3. The highest BCUT2D eigenvalue weighted by molar-refractivity contribution is 5.88. The largest absolute Gasteiger partial charge is 0.478 e. The monoisotopic (exact) mass is 249 g/mol. The van der Waals surface area contributed by atoms with Gasteiger partial charge in [-0.3, -0.25) is 0 Å². The van der Waals surface area contributed by atoms with E-state index in [1.165, 1.54) is 12.1 Å². The maximum atomic E-state index is 13.5. The summed E-state index contributed by atoms with van der Waals surface area (Å²) in [6.45, 7) is 2.11. The molecule has 94 valence electrons. The average molecular weight is 249 g/mol. The number of carboxylic acid groups (broad SMARTS) is 1. The topological polar surface area (TPSA) is 62.5 Å². The first-order valence-corrected chi connectivity index (χ1v) is 5.38. The van der Waals surface area contributed by atoms with Gasteiger partial charge in [-0.1, -0.05) is 0 Å². The smallest absolute Gasteiger partial charge is 0.335 e. The van der Waals surface area contributed by atoms with Crippen molar-refractivity contribution in [2.45, 2.75) is 13.5 Å². The maximum Gasteiger partial charge on any atom is 0.335 e. The van der Waals surface area contributed by atoms with Crippen LogP contribution in [0, 0.1) is 12.7 Å². The van der Waals surface area contributed by atoms with Gasteiger partial charge in [-0.25, -0.2) is 9.18 Å². The van der Waals surface area contributed by atoms with Gasteiger partial charge in [-0.2, -0.15) is 0 Å². The molecule has 0 spiro atoms. The summed E-state index contributed by atoms with van der Waals surface area (Å²) in [6, 6.07) is 7.19. The number of aryl methyl sites for hydroxylation is 1. The first-order chi connectivity index (χ1) is 8.56. The fraction of sp³-hybridized carbons (Fsp3) is 0.154. The normalized spacial score (nSPS) is 10.3. The summed E-state index contributed by atoms with van der Waals surface area (Å²) in [5, 5.41) is 11.6. The van der Waals surface area contributed by atoms with E-state index < -0.39 is 11.8 Å². The van der Waals surface area contributed by atoms with E-state index in [1.807, 2.05) is 6.92 Å². The summed E-state index contributed by atoms with van der Waals surface area (Å²) in [5.41, 5.74) is 0.179. The van der Waals surface area contributed by atoms with Crippen molar-refractivity contribution in [2.24, 2.45) is 0 Å². The highest BCUT2D eigenvalue weighted by Crippen LogP contribution is 2.18. The van der Waals surface area contributed by atoms with Crippen LogP contribution in [0.15, 0.2) is 34.7 Å². The number of halogens is 1. The Hall–Kier alpha value is -2.30. The van der Waals surface area contributed by atoms with Crippen molar-refractivity contribution in [2.75, 3.05) is 5.32 Å². The minimum Gasteiger partial charge on any atom is -0.478 e. The van der Waals surface area contributed by atoms with Gasteiger partial charge in [0.1, 0.15) is 17.3 Å². The first-order valence-electron chi connectivity index (χ1n) is 5.38. The van der Waals surface area contributed by atoms with Crippen molar-refractivity contribution in [3.8, 4) is 0 Å². The van der Waals surface area contributed by atoms with Crippen molar-refractivity contribution in [1.29, 1.82) is 0 Å². The van der Waals surface area contributed by atoms with Gasteiger partial charge in [-0.15, -0.1) is 0 Å². The van der Waals surface area contributed by atoms with Crippen LogP contribution in [0.25, 0.3) is 0 Å². The van der Waals surface area contributed by atoms with Gasteiger partial charge < -0.3 is 14.8 Å². The highest BCUT2D eigenvalue weighted by Gasteiger charge is 2.08. The molecule has 0 aliphatic rings. The fourth-order valence-corrected chi connectivity index (χ4v) is 1.56. The zero-order chi connectivity index (χ0) is 13.1. The molecule has 1 aromatic carbocycles. The second-order valence-corrected chi connectivity index (χ2v) is 3.87. The summed E-state index contributed by atoms with van der Waals surface area (Å²) in [7, 11) is 0. The molecule has 2 aromatic rings. The van der Waals surface area contributed by atoms with E-state index in [0.717, 1.165) is 11.8 Å². The minimum absolute atomic E-state index is 0.0366. The van der Waals surface area contributed by atoms with E-state index in [-0.39, 0.29) is 11.3 Å². The maximum absolute atomic E-state index is 13.5. The van der Waals surface area contributed by atoms with Crippen LogP contribution >= 0.6 is 0 Å². The lowest BCUT2D eigenvalue weighted by atomic mass is 10.2. The van der Waals surface area contributed by atoms with Crippen LogP contribution < -0.4 is 5.32 Å². The Kier molecular flexibility index (Phi) is 3.32. The van der Waals surface area contributed by atoms with Crippen molar-refractivity contribution in [3.05, 3.63) is 53.2 Å². The summed E-state index contributed by atoms with van der Waals surface area (Å²) in [6.07, 6.45) is 0. The number of anilines is 1. The molecule has 0 aliphatic heterocycles. The standard InChI is InChI=1S/C13H12FNO3/c1-8-2-4-10(18-8)7-15-12-6-9(13(16)17)3-5-11(12)14/h2-6,15H,7H2,1H3,(H,16,17). The number of rotatable bonds is 4. The second kappa shape index (κ2) is 4.91. The Morgan fingerprint density at radius 3 is 2.78 bits per heavy atom. The average Bonchev–Trinajstić information content (AvgIpc) is 2.74. The van der Waals surface area contributed by atoms with Gasteiger partial charge in [0, 0.05) is 0 Å². The quantitative estimate of drug-likeness (QED) is 0.874. The molecule has 1 aromatic heterocycles. The molecule has 2 rings (SSSR count). The van der Waals surface area contributed by atoms with Crippen molar-refractivity contribution < 1.29 is 18.7 Å². The first kappa shape index (κ1) is 12.2. The van der Waals surface area contributed by atoms with E-state index in [9.17, 15) is 9.18 Å². The summed E-state index contributed by atoms with van der Waals surface area (Å²) in [4.78, 5) is 10.8. The molecule has 0 radical (unpaired) electrons. The predicted octanol–water partition coefficient (Wildman–Crippen LogP) is 3.04. The third-order valence-electron chi connectivity index (χ3n) is 2.46. The van der Waals surface area contributed by atoms with Gasteiger partial charge in [-0.05, 0) is 37.3 Å². The minimum atomic E-state index is -1.09. The van der Waals surface area contributed by atoms with Crippen LogP contribution in [0.5, 0.6) is 0 Å². The second-order valence-electron chi connectivity index (χ2n) is 3.87. The number of carboxylic acids is 1. The summed E-state index contributed by atoms with van der Waals surface area (Å²) in [5.74, 6) is -0.158. The van der Waals surface area contributed by atoms with Gasteiger partial charge in [0.25, 0.3) is 0 Å². The zero-order valence-electron chi connectivity index (χ0n) is 9.74. The molecule has 2 N–H and O–H groups in total. The fourth-order valence-electron chi connectivity index (χ4n) is 1.56. The molecule has 0 saturated heterocycles. The number of furan rings is 1. The molecular weight excluding hydrogens is 237 g/mol.